The van der Waals surface area contributed by atoms with Crippen molar-refractivity contribution in [3.63, 3.8) is 0 Å². The second-order valence-electron chi connectivity index (χ2n) is 4.74. The molecule has 2 rings (SSSR count). The van der Waals surface area contributed by atoms with Gasteiger partial charge in [0.1, 0.15) is 18.5 Å². The lowest BCUT2D eigenvalue weighted by molar-refractivity contribution is -0.385. The highest BCUT2D eigenvalue weighted by Gasteiger charge is 2.18. The van der Waals surface area contributed by atoms with Gasteiger partial charge in [0, 0.05) is 25.2 Å². The van der Waals surface area contributed by atoms with Crippen molar-refractivity contribution < 1.29 is 19.1 Å². The van der Waals surface area contributed by atoms with Crippen LogP contribution in [0.2, 0.25) is 0 Å². The van der Waals surface area contributed by atoms with E-state index in [1.54, 1.807) is 12.1 Å². The van der Waals surface area contributed by atoms with E-state index >= 15 is 0 Å². The zero-order valence-corrected chi connectivity index (χ0v) is 12.0. The van der Waals surface area contributed by atoms with Gasteiger partial charge in [-0.05, 0) is 12.5 Å². The van der Waals surface area contributed by atoms with Crippen LogP contribution in [0.1, 0.15) is 13.3 Å². The molecule has 0 saturated carbocycles. The second kappa shape index (κ2) is 7.80. The van der Waals surface area contributed by atoms with E-state index in [0.717, 1.165) is 19.5 Å². The molecule has 1 atom stereocenters. The first-order chi connectivity index (χ1) is 10.2. The van der Waals surface area contributed by atoms with Crippen LogP contribution in [0.5, 0.6) is 11.5 Å². The molecule has 1 unspecified atom stereocenters. The third-order valence-electron chi connectivity index (χ3n) is 3.03. The first-order valence-electron chi connectivity index (χ1n) is 7.07. The zero-order valence-electron chi connectivity index (χ0n) is 12.0. The summed E-state index contributed by atoms with van der Waals surface area (Å²) in [6, 6.07) is 4.54. The summed E-state index contributed by atoms with van der Waals surface area (Å²) in [5.74, 6) is 0.780. The quantitative estimate of drug-likeness (QED) is 0.609. The topological polar surface area (TPSA) is 82.9 Å². The van der Waals surface area contributed by atoms with Gasteiger partial charge in [-0.15, -0.1) is 0 Å². The van der Waals surface area contributed by atoms with Crippen LogP contribution in [-0.4, -0.2) is 43.9 Å². The smallest absolute Gasteiger partial charge is 0.311 e. The monoisotopic (exact) mass is 296 g/mol. The summed E-state index contributed by atoms with van der Waals surface area (Å²) < 4.78 is 16.6. The Hall–Kier alpha value is -1.86. The summed E-state index contributed by atoms with van der Waals surface area (Å²) in [5.41, 5.74) is -0.0496. The number of nitro benzene ring substituents is 1. The molecule has 0 aromatic heterocycles. The van der Waals surface area contributed by atoms with E-state index < -0.39 is 4.92 Å². The molecule has 21 heavy (non-hydrogen) atoms. The van der Waals surface area contributed by atoms with Crippen LogP contribution in [0.3, 0.4) is 0 Å². The number of nitrogens with zero attached hydrogens (tertiary/aromatic N) is 1. The van der Waals surface area contributed by atoms with Gasteiger partial charge in [-0.3, -0.25) is 10.1 Å². The molecule has 1 fully saturated rings. The van der Waals surface area contributed by atoms with E-state index in [1.165, 1.54) is 6.07 Å². The Morgan fingerprint density at radius 1 is 1.48 bits per heavy atom. The third kappa shape index (κ3) is 4.57. The molecule has 7 heteroatoms. The van der Waals surface area contributed by atoms with Gasteiger partial charge in [0.2, 0.25) is 5.75 Å². The number of rotatable bonds is 7. The van der Waals surface area contributed by atoms with Gasteiger partial charge in [0.15, 0.2) is 0 Å². The van der Waals surface area contributed by atoms with Gasteiger partial charge in [0.25, 0.3) is 0 Å². The average molecular weight is 296 g/mol. The number of morpholine rings is 1. The van der Waals surface area contributed by atoms with Crippen LogP contribution in [0.15, 0.2) is 18.2 Å². The van der Waals surface area contributed by atoms with Gasteiger partial charge in [-0.1, -0.05) is 6.92 Å². The predicted molar refractivity (Wildman–Crippen MR) is 77.0 cm³/mol. The maximum Gasteiger partial charge on any atom is 0.311 e. The van der Waals surface area contributed by atoms with Gasteiger partial charge >= 0.3 is 5.69 Å². The number of hydrogen-bond donors (Lipinski definition) is 1. The lowest BCUT2D eigenvalue weighted by Crippen LogP contribution is -2.41. The fourth-order valence-corrected chi connectivity index (χ4v) is 1.98. The van der Waals surface area contributed by atoms with E-state index in [0.29, 0.717) is 25.6 Å². The normalized spacial score (nSPS) is 18.2. The number of nitro groups is 1. The molecule has 1 aromatic carbocycles. The van der Waals surface area contributed by atoms with Crippen LogP contribution in [-0.2, 0) is 4.74 Å². The van der Waals surface area contributed by atoms with Crippen LogP contribution < -0.4 is 14.8 Å². The fourth-order valence-electron chi connectivity index (χ4n) is 1.98. The third-order valence-corrected chi connectivity index (χ3v) is 3.03. The molecule has 0 spiro atoms. The molecule has 0 radical (unpaired) electrons. The van der Waals surface area contributed by atoms with Crippen LogP contribution in [0.25, 0.3) is 0 Å². The minimum absolute atomic E-state index is 0.00560. The fraction of sp³-hybridized carbons (Fsp3) is 0.571. The number of benzene rings is 1. The summed E-state index contributed by atoms with van der Waals surface area (Å²) in [7, 11) is 0. The van der Waals surface area contributed by atoms with Crippen molar-refractivity contribution in [2.75, 3.05) is 32.9 Å². The predicted octanol–water partition coefficient (Wildman–Crippen LogP) is 1.75. The first kappa shape index (κ1) is 15.5. The molecule has 1 saturated heterocycles. The van der Waals surface area contributed by atoms with E-state index in [9.17, 15) is 10.1 Å². The highest BCUT2D eigenvalue weighted by molar-refractivity contribution is 5.50. The largest absolute Gasteiger partial charge is 0.491 e. The molecule has 1 aliphatic heterocycles. The minimum Gasteiger partial charge on any atom is -0.491 e. The molecule has 1 heterocycles. The molecule has 1 aliphatic rings. The van der Waals surface area contributed by atoms with Crippen molar-refractivity contribution in [1.82, 2.24) is 5.32 Å². The summed E-state index contributed by atoms with van der Waals surface area (Å²) in [6.07, 6.45) is 0.776. The molecule has 0 amide bonds. The summed E-state index contributed by atoms with van der Waals surface area (Å²) in [6.45, 7) is 5.03. The summed E-state index contributed by atoms with van der Waals surface area (Å²) in [4.78, 5) is 10.5. The van der Waals surface area contributed by atoms with Crippen LogP contribution in [0, 0.1) is 10.1 Å². The van der Waals surface area contributed by atoms with Crippen molar-refractivity contribution in [3.8, 4) is 11.5 Å². The SMILES string of the molecule is CCCOc1cc(OCC2CNCCO2)ccc1[N+](=O)[O-]. The van der Waals surface area contributed by atoms with Gasteiger partial charge in [0.05, 0.1) is 18.1 Å². The second-order valence-corrected chi connectivity index (χ2v) is 4.74. The highest BCUT2D eigenvalue weighted by atomic mass is 16.6. The Morgan fingerprint density at radius 3 is 3.00 bits per heavy atom. The Balaban J connectivity index is 2.00. The summed E-state index contributed by atoms with van der Waals surface area (Å²) in [5, 5.41) is 14.2. The van der Waals surface area contributed by atoms with E-state index in [-0.39, 0.29) is 17.5 Å². The standard InChI is InChI=1S/C14H20N2O5/c1-2-6-20-14-8-11(3-4-13(14)16(17)18)21-10-12-9-15-5-7-19-12/h3-4,8,12,15H,2,5-7,9-10H2,1H3. The van der Waals surface area contributed by atoms with Gasteiger partial charge in [-0.25, -0.2) is 0 Å². The number of ether oxygens (including phenoxy) is 3. The molecule has 116 valence electrons. The molecule has 1 N–H and O–H groups in total. The average Bonchev–Trinajstić information content (AvgIpc) is 2.51. The zero-order chi connectivity index (χ0) is 15.1. The molecule has 0 bridgehead atoms. The van der Waals surface area contributed by atoms with E-state index in [4.69, 9.17) is 14.2 Å². The maximum atomic E-state index is 11.0. The van der Waals surface area contributed by atoms with Crippen LogP contribution >= 0.6 is 0 Å². The van der Waals surface area contributed by atoms with Crippen molar-refractivity contribution >= 4 is 5.69 Å². The van der Waals surface area contributed by atoms with Crippen molar-refractivity contribution in [2.45, 2.75) is 19.4 Å². The maximum absolute atomic E-state index is 11.0. The van der Waals surface area contributed by atoms with Crippen molar-refractivity contribution in [1.29, 1.82) is 0 Å². The first-order valence-corrected chi connectivity index (χ1v) is 7.07. The van der Waals surface area contributed by atoms with E-state index in [1.807, 2.05) is 6.92 Å². The van der Waals surface area contributed by atoms with Crippen molar-refractivity contribution in [3.05, 3.63) is 28.3 Å². The molecule has 1 aromatic rings. The lowest BCUT2D eigenvalue weighted by atomic mass is 10.2. The molecule has 0 aliphatic carbocycles. The Kier molecular flexibility index (Phi) is 5.77. The highest BCUT2D eigenvalue weighted by Crippen LogP contribution is 2.31. The lowest BCUT2D eigenvalue weighted by Gasteiger charge is -2.23. The molecular weight excluding hydrogens is 276 g/mol. The Labute approximate surface area is 123 Å². The molecule has 7 nitrogen and oxygen atoms in total. The van der Waals surface area contributed by atoms with Crippen molar-refractivity contribution in [2.24, 2.45) is 0 Å². The number of hydrogen-bond acceptors (Lipinski definition) is 6. The van der Waals surface area contributed by atoms with Gasteiger partial charge in [-0.2, -0.15) is 0 Å². The van der Waals surface area contributed by atoms with Gasteiger partial charge < -0.3 is 19.5 Å². The Bertz CT molecular complexity index is 474. The van der Waals surface area contributed by atoms with Crippen LogP contribution in [0.4, 0.5) is 5.69 Å². The number of nitrogens with one attached hydrogen (secondary N) is 1. The van der Waals surface area contributed by atoms with E-state index in [2.05, 4.69) is 5.32 Å². The molecular formula is C14H20N2O5. The Morgan fingerprint density at radius 2 is 2.33 bits per heavy atom. The summed E-state index contributed by atoms with van der Waals surface area (Å²) >= 11 is 0. The minimum atomic E-state index is -0.455.